The van der Waals surface area contributed by atoms with Crippen molar-refractivity contribution in [2.45, 2.75) is 6.92 Å². The Labute approximate surface area is 185 Å². The lowest BCUT2D eigenvalue weighted by Crippen LogP contribution is -2.06. The third kappa shape index (κ3) is 3.28. The third-order valence-electron chi connectivity index (χ3n) is 5.53. The summed E-state index contributed by atoms with van der Waals surface area (Å²) in [7, 11) is 1.64. The zero-order chi connectivity index (χ0) is 22.1. The summed E-state index contributed by atoms with van der Waals surface area (Å²) in [6, 6.07) is 27.8. The van der Waals surface area contributed by atoms with Crippen LogP contribution in [0, 0.1) is 0 Å². The Morgan fingerprint density at radius 1 is 0.906 bits per heavy atom. The highest BCUT2D eigenvalue weighted by Crippen LogP contribution is 2.34. The van der Waals surface area contributed by atoms with Gasteiger partial charge in [-0.2, -0.15) is 0 Å². The van der Waals surface area contributed by atoms with Crippen LogP contribution in [0.3, 0.4) is 0 Å². The fourth-order valence-corrected chi connectivity index (χ4v) is 4.05. The Bertz CT molecular complexity index is 1420. The van der Waals surface area contributed by atoms with Gasteiger partial charge in [-0.25, -0.2) is 9.78 Å². The van der Waals surface area contributed by atoms with Gasteiger partial charge in [0.05, 0.1) is 30.6 Å². The van der Waals surface area contributed by atoms with Gasteiger partial charge in [-0.15, -0.1) is 0 Å². The number of carbonyl (C=O) groups excluding carboxylic acids is 1. The molecule has 0 radical (unpaired) electrons. The molecule has 0 aliphatic heterocycles. The number of nitrogens with zero attached hydrogens (tertiary/aromatic N) is 2. The summed E-state index contributed by atoms with van der Waals surface area (Å²) in [5.74, 6) is 0.406. The number of ether oxygens (including phenoxy) is 2. The summed E-state index contributed by atoms with van der Waals surface area (Å²) >= 11 is 0. The molecule has 0 spiro atoms. The third-order valence-corrected chi connectivity index (χ3v) is 5.53. The van der Waals surface area contributed by atoms with E-state index in [0.29, 0.717) is 17.8 Å². The summed E-state index contributed by atoms with van der Waals surface area (Å²) in [4.78, 5) is 18.0. The molecule has 0 N–H and O–H groups in total. The first-order valence-electron chi connectivity index (χ1n) is 10.5. The Kier molecular flexibility index (Phi) is 5.07. The van der Waals surface area contributed by atoms with E-state index in [0.717, 1.165) is 39.2 Å². The molecule has 0 atom stereocenters. The van der Waals surface area contributed by atoms with Crippen LogP contribution in [0.4, 0.5) is 0 Å². The molecular weight excluding hydrogens is 400 g/mol. The van der Waals surface area contributed by atoms with Crippen LogP contribution in [-0.2, 0) is 4.74 Å². The monoisotopic (exact) mass is 422 g/mol. The van der Waals surface area contributed by atoms with Crippen molar-refractivity contribution in [2.75, 3.05) is 13.7 Å². The molecule has 0 aliphatic rings. The number of rotatable bonds is 5. The highest BCUT2D eigenvalue weighted by atomic mass is 16.5. The van der Waals surface area contributed by atoms with E-state index in [1.54, 1.807) is 7.11 Å². The average molecular weight is 422 g/mol. The Morgan fingerprint density at radius 3 is 2.34 bits per heavy atom. The van der Waals surface area contributed by atoms with Gasteiger partial charge < -0.3 is 9.47 Å². The molecule has 0 unspecified atom stereocenters. The first kappa shape index (κ1) is 19.8. The van der Waals surface area contributed by atoms with Gasteiger partial charge in [0.25, 0.3) is 0 Å². The van der Waals surface area contributed by atoms with E-state index in [2.05, 4.69) is 18.2 Å². The number of para-hydroxylation sites is 1. The molecule has 32 heavy (non-hydrogen) atoms. The molecular formula is C27H22N2O3. The van der Waals surface area contributed by atoms with E-state index >= 15 is 0 Å². The molecule has 2 aromatic heterocycles. The predicted octanol–water partition coefficient (Wildman–Crippen LogP) is 6.01. The minimum atomic E-state index is -0.371. The molecule has 0 saturated carbocycles. The van der Waals surface area contributed by atoms with Crippen molar-refractivity contribution in [1.82, 2.24) is 9.38 Å². The molecule has 3 aromatic carbocycles. The highest BCUT2D eigenvalue weighted by Gasteiger charge is 2.23. The van der Waals surface area contributed by atoms with E-state index in [4.69, 9.17) is 14.5 Å². The first-order valence-corrected chi connectivity index (χ1v) is 10.5. The van der Waals surface area contributed by atoms with Gasteiger partial charge in [0.15, 0.2) is 5.65 Å². The predicted molar refractivity (Wildman–Crippen MR) is 126 cm³/mol. The molecule has 0 bridgehead atoms. The zero-order valence-corrected chi connectivity index (χ0v) is 17.9. The summed E-state index contributed by atoms with van der Waals surface area (Å²) in [5, 5.41) is 0.822. The van der Waals surface area contributed by atoms with E-state index in [-0.39, 0.29) is 5.97 Å². The number of fused-ring (bicyclic) bond motifs is 3. The zero-order valence-electron chi connectivity index (χ0n) is 17.9. The summed E-state index contributed by atoms with van der Waals surface area (Å²) in [6.45, 7) is 2.11. The number of hydrogen-bond acceptors (Lipinski definition) is 4. The average Bonchev–Trinajstić information content (AvgIpc) is 3.18. The van der Waals surface area contributed by atoms with Crippen LogP contribution in [0.5, 0.6) is 5.75 Å². The summed E-state index contributed by atoms with van der Waals surface area (Å²) in [6.07, 6.45) is 0. The van der Waals surface area contributed by atoms with Gasteiger partial charge in [-0.05, 0) is 48.9 Å². The molecule has 5 aromatic rings. The first-order chi connectivity index (χ1) is 15.7. The van der Waals surface area contributed by atoms with E-state index < -0.39 is 0 Å². The highest BCUT2D eigenvalue weighted by molar-refractivity contribution is 6.11. The Hall–Kier alpha value is -4.12. The van der Waals surface area contributed by atoms with Crippen LogP contribution in [0.15, 0.2) is 84.9 Å². The molecule has 0 saturated heterocycles. The number of aromatic nitrogens is 2. The minimum absolute atomic E-state index is 0.300. The molecule has 0 fully saturated rings. The van der Waals surface area contributed by atoms with Crippen LogP contribution < -0.4 is 4.74 Å². The summed E-state index contributed by atoms with van der Waals surface area (Å²) in [5.41, 5.74) is 5.67. The fraction of sp³-hybridized carbons (Fsp3) is 0.111. The summed E-state index contributed by atoms with van der Waals surface area (Å²) < 4.78 is 12.8. The maximum absolute atomic E-state index is 13.0. The van der Waals surface area contributed by atoms with Crippen LogP contribution >= 0.6 is 0 Å². The van der Waals surface area contributed by atoms with Crippen molar-refractivity contribution in [2.24, 2.45) is 0 Å². The van der Waals surface area contributed by atoms with Crippen LogP contribution in [0.1, 0.15) is 17.3 Å². The molecule has 5 rings (SSSR count). The number of carbonyl (C=O) groups is 1. The normalized spacial score (nSPS) is 11.1. The number of methoxy groups -OCH3 is 1. The minimum Gasteiger partial charge on any atom is -0.497 e. The van der Waals surface area contributed by atoms with Gasteiger partial charge in [-0.1, -0.05) is 48.5 Å². The SMILES string of the molecule is CCOC(=O)c1c2ccccc2n2c(-c3ccccc3)cc(-c3ccc(OC)cc3)nc12. The van der Waals surface area contributed by atoms with Crippen molar-refractivity contribution in [3.63, 3.8) is 0 Å². The smallest absolute Gasteiger partial charge is 0.342 e. The van der Waals surface area contributed by atoms with Gasteiger partial charge >= 0.3 is 5.97 Å². The lowest BCUT2D eigenvalue weighted by molar-refractivity contribution is 0.0530. The Morgan fingerprint density at radius 2 is 1.62 bits per heavy atom. The van der Waals surface area contributed by atoms with E-state index in [9.17, 15) is 4.79 Å². The molecule has 0 aliphatic carbocycles. The molecule has 5 heteroatoms. The molecule has 5 nitrogen and oxygen atoms in total. The van der Waals surface area contributed by atoms with Crippen LogP contribution in [0.2, 0.25) is 0 Å². The maximum atomic E-state index is 13.0. The molecule has 0 amide bonds. The topological polar surface area (TPSA) is 52.8 Å². The van der Waals surface area contributed by atoms with Crippen molar-refractivity contribution in [1.29, 1.82) is 0 Å². The maximum Gasteiger partial charge on any atom is 0.342 e. The Balaban J connectivity index is 1.89. The second-order valence-electron chi connectivity index (χ2n) is 7.39. The van der Waals surface area contributed by atoms with Crippen molar-refractivity contribution >= 4 is 22.5 Å². The van der Waals surface area contributed by atoms with Gasteiger partial charge in [0.1, 0.15) is 11.3 Å². The fourth-order valence-electron chi connectivity index (χ4n) is 4.05. The second-order valence-corrected chi connectivity index (χ2v) is 7.39. The van der Waals surface area contributed by atoms with Gasteiger partial charge in [-0.3, -0.25) is 4.40 Å². The van der Waals surface area contributed by atoms with Crippen molar-refractivity contribution < 1.29 is 14.3 Å². The lowest BCUT2D eigenvalue weighted by atomic mass is 10.1. The number of hydrogen-bond donors (Lipinski definition) is 0. The number of esters is 1. The van der Waals surface area contributed by atoms with Crippen molar-refractivity contribution in [3.05, 3.63) is 90.5 Å². The molecule has 158 valence electrons. The quantitative estimate of drug-likeness (QED) is 0.326. The van der Waals surface area contributed by atoms with Crippen molar-refractivity contribution in [3.8, 4) is 28.3 Å². The molecule has 2 heterocycles. The van der Waals surface area contributed by atoms with Gasteiger partial charge in [0.2, 0.25) is 0 Å². The van der Waals surface area contributed by atoms with Gasteiger partial charge in [0, 0.05) is 10.9 Å². The lowest BCUT2D eigenvalue weighted by Gasteiger charge is -2.12. The van der Waals surface area contributed by atoms with E-state index in [1.165, 1.54) is 0 Å². The standard InChI is InChI=1S/C27H22N2O3/c1-3-32-27(30)25-21-11-7-8-12-23(21)29-24(19-9-5-4-6-10-19)17-22(28-26(25)29)18-13-15-20(31-2)16-14-18/h4-17H,3H2,1-2H3. The largest absolute Gasteiger partial charge is 0.497 e. The number of benzene rings is 3. The van der Waals surface area contributed by atoms with Crippen LogP contribution in [0.25, 0.3) is 39.1 Å². The van der Waals surface area contributed by atoms with Crippen LogP contribution in [-0.4, -0.2) is 29.1 Å². The second kappa shape index (κ2) is 8.19. The van der Waals surface area contributed by atoms with E-state index in [1.807, 2.05) is 78.1 Å².